The van der Waals surface area contributed by atoms with Gasteiger partial charge in [0, 0.05) is 25.6 Å². The summed E-state index contributed by atoms with van der Waals surface area (Å²) in [4.78, 5) is 31.2. The van der Waals surface area contributed by atoms with Gasteiger partial charge in [-0.3, -0.25) is 14.6 Å². The van der Waals surface area contributed by atoms with Crippen LogP contribution in [-0.2, 0) is 9.53 Å². The Balaban J connectivity index is 2.50. The molecule has 0 N–H and O–H groups in total. The molecule has 31 heavy (non-hydrogen) atoms. The molecule has 0 radical (unpaired) electrons. The molecule has 0 saturated carbocycles. The number of nitrogens with zero attached hydrogens (tertiary/aromatic N) is 3. The SMILES string of the molecule is CCC(CN(CC)C(C)(C)C)c1ccc2c(c1)N(C(=O)OC(C)C)C[C@H](C)N2C(C)=O. The first-order valence-electron chi connectivity index (χ1n) is 11.6. The fraction of sp³-hybridized carbons (Fsp3) is 0.680. The van der Waals surface area contributed by atoms with E-state index in [1.807, 2.05) is 26.8 Å². The van der Waals surface area contributed by atoms with Crippen molar-refractivity contribution >= 4 is 23.4 Å². The minimum absolute atomic E-state index is 0.0182. The molecular formula is C25H41N3O3. The van der Waals surface area contributed by atoms with Gasteiger partial charge in [0.2, 0.25) is 5.91 Å². The van der Waals surface area contributed by atoms with Gasteiger partial charge in [-0.15, -0.1) is 0 Å². The lowest BCUT2D eigenvalue weighted by atomic mass is 9.92. The van der Waals surface area contributed by atoms with E-state index in [-0.39, 0.29) is 29.7 Å². The van der Waals surface area contributed by atoms with Crippen LogP contribution in [0.25, 0.3) is 0 Å². The molecule has 0 spiro atoms. The van der Waals surface area contributed by atoms with E-state index >= 15 is 0 Å². The van der Waals surface area contributed by atoms with Crippen molar-refractivity contribution in [3.05, 3.63) is 23.8 Å². The number of likely N-dealkylation sites (N-methyl/N-ethyl adjacent to an activating group) is 1. The predicted octanol–water partition coefficient (Wildman–Crippen LogP) is 5.41. The van der Waals surface area contributed by atoms with Crippen LogP contribution in [0.15, 0.2) is 18.2 Å². The summed E-state index contributed by atoms with van der Waals surface area (Å²) in [6.07, 6.45) is 0.434. The van der Waals surface area contributed by atoms with Crippen molar-refractivity contribution in [3.63, 3.8) is 0 Å². The van der Waals surface area contributed by atoms with Crippen LogP contribution < -0.4 is 9.80 Å². The van der Waals surface area contributed by atoms with Crippen LogP contribution in [0.1, 0.15) is 80.2 Å². The highest BCUT2D eigenvalue weighted by Gasteiger charge is 2.35. The molecule has 1 aliphatic heterocycles. The van der Waals surface area contributed by atoms with Gasteiger partial charge in [0.1, 0.15) is 0 Å². The van der Waals surface area contributed by atoms with Crippen molar-refractivity contribution in [1.29, 1.82) is 0 Å². The van der Waals surface area contributed by atoms with E-state index < -0.39 is 0 Å². The molecule has 6 heteroatoms. The number of rotatable bonds is 6. The third-order valence-corrected chi connectivity index (χ3v) is 6.07. The molecule has 2 amide bonds. The molecule has 1 unspecified atom stereocenters. The molecule has 1 heterocycles. The van der Waals surface area contributed by atoms with Crippen LogP contribution in [0.4, 0.5) is 16.2 Å². The Bertz CT molecular complexity index is 785. The molecule has 0 aromatic heterocycles. The monoisotopic (exact) mass is 431 g/mol. The van der Waals surface area contributed by atoms with Gasteiger partial charge in [0.15, 0.2) is 0 Å². The fourth-order valence-corrected chi connectivity index (χ4v) is 4.43. The number of carbonyl (C=O) groups excluding carboxylic acids is 2. The number of anilines is 2. The van der Waals surface area contributed by atoms with Gasteiger partial charge in [0.05, 0.1) is 23.5 Å². The molecule has 2 atom stereocenters. The molecule has 1 aromatic rings. The molecule has 174 valence electrons. The first kappa shape index (κ1) is 25.2. The molecule has 0 aliphatic carbocycles. The van der Waals surface area contributed by atoms with Crippen LogP contribution in [0, 0.1) is 0 Å². The zero-order valence-corrected chi connectivity index (χ0v) is 20.9. The van der Waals surface area contributed by atoms with E-state index in [0.717, 1.165) is 30.9 Å². The Morgan fingerprint density at radius 1 is 1.19 bits per heavy atom. The highest BCUT2D eigenvalue weighted by molar-refractivity contribution is 6.02. The van der Waals surface area contributed by atoms with Gasteiger partial charge < -0.3 is 9.64 Å². The van der Waals surface area contributed by atoms with Crippen LogP contribution in [0.2, 0.25) is 0 Å². The first-order valence-corrected chi connectivity index (χ1v) is 11.6. The maximum Gasteiger partial charge on any atom is 0.414 e. The number of hydrogen-bond acceptors (Lipinski definition) is 4. The third kappa shape index (κ3) is 5.79. The Hall–Kier alpha value is -2.08. The second-order valence-corrected chi connectivity index (χ2v) is 9.84. The van der Waals surface area contributed by atoms with E-state index in [1.54, 1.807) is 16.7 Å². The van der Waals surface area contributed by atoms with E-state index in [1.165, 1.54) is 5.56 Å². The number of benzene rings is 1. The predicted molar refractivity (Wildman–Crippen MR) is 128 cm³/mol. The lowest BCUT2D eigenvalue weighted by molar-refractivity contribution is -0.117. The summed E-state index contributed by atoms with van der Waals surface area (Å²) >= 11 is 0. The molecule has 2 rings (SSSR count). The molecular weight excluding hydrogens is 390 g/mol. The Morgan fingerprint density at radius 3 is 2.32 bits per heavy atom. The number of hydrogen-bond donors (Lipinski definition) is 0. The van der Waals surface area contributed by atoms with Crippen molar-refractivity contribution in [3.8, 4) is 0 Å². The molecule has 1 aliphatic rings. The second-order valence-electron chi connectivity index (χ2n) is 9.84. The zero-order valence-electron chi connectivity index (χ0n) is 20.9. The van der Waals surface area contributed by atoms with Gasteiger partial charge in [-0.1, -0.05) is 19.9 Å². The van der Waals surface area contributed by atoms with Crippen molar-refractivity contribution < 1.29 is 14.3 Å². The zero-order chi connectivity index (χ0) is 23.5. The summed E-state index contributed by atoms with van der Waals surface area (Å²) in [5.74, 6) is 0.313. The lowest BCUT2D eigenvalue weighted by Gasteiger charge is -2.41. The van der Waals surface area contributed by atoms with E-state index in [0.29, 0.717) is 12.5 Å². The van der Waals surface area contributed by atoms with Gasteiger partial charge in [0.25, 0.3) is 0 Å². The highest BCUT2D eigenvalue weighted by Crippen LogP contribution is 2.39. The first-order chi connectivity index (χ1) is 14.4. The minimum Gasteiger partial charge on any atom is -0.446 e. The molecule has 0 bridgehead atoms. The minimum atomic E-state index is -0.360. The van der Waals surface area contributed by atoms with Crippen LogP contribution >= 0.6 is 0 Å². The largest absolute Gasteiger partial charge is 0.446 e. The number of amides is 2. The maximum atomic E-state index is 12.9. The van der Waals surface area contributed by atoms with Crippen molar-refractivity contribution in [1.82, 2.24) is 4.90 Å². The van der Waals surface area contributed by atoms with Crippen LogP contribution in [0.5, 0.6) is 0 Å². The summed E-state index contributed by atoms with van der Waals surface area (Å²) in [6.45, 7) is 20.7. The summed E-state index contributed by atoms with van der Waals surface area (Å²) in [6, 6.07) is 6.08. The molecule has 0 saturated heterocycles. The molecule has 0 fully saturated rings. The van der Waals surface area contributed by atoms with Crippen LogP contribution in [0.3, 0.4) is 0 Å². The smallest absolute Gasteiger partial charge is 0.414 e. The maximum absolute atomic E-state index is 12.9. The molecule has 1 aromatic carbocycles. The van der Waals surface area contributed by atoms with Gasteiger partial charge in [-0.25, -0.2) is 4.79 Å². The number of carbonyl (C=O) groups is 2. The topological polar surface area (TPSA) is 53.1 Å². The second kappa shape index (κ2) is 10.0. The normalized spacial score (nSPS) is 17.7. The average molecular weight is 432 g/mol. The van der Waals surface area contributed by atoms with Crippen molar-refractivity contribution in [2.75, 3.05) is 29.4 Å². The van der Waals surface area contributed by atoms with Gasteiger partial charge in [-0.2, -0.15) is 0 Å². The summed E-state index contributed by atoms with van der Waals surface area (Å²) in [7, 11) is 0. The lowest BCUT2D eigenvalue weighted by Crippen LogP contribution is -2.51. The quantitative estimate of drug-likeness (QED) is 0.604. The highest BCUT2D eigenvalue weighted by atomic mass is 16.6. The van der Waals surface area contributed by atoms with Crippen LogP contribution in [-0.4, -0.2) is 54.2 Å². The van der Waals surface area contributed by atoms with Crippen molar-refractivity contribution in [2.45, 2.75) is 92.3 Å². The van der Waals surface area contributed by atoms with E-state index in [9.17, 15) is 9.59 Å². The van der Waals surface area contributed by atoms with E-state index in [4.69, 9.17) is 4.74 Å². The Labute approximate surface area is 188 Å². The Kier molecular flexibility index (Phi) is 8.15. The third-order valence-electron chi connectivity index (χ3n) is 6.07. The van der Waals surface area contributed by atoms with Gasteiger partial charge >= 0.3 is 6.09 Å². The Morgan fingerprint density at radius 2 is 1.84 bits per heavy atom. The average Bonchev–Trinajstić information content (AvgIpc) is 2.66. The standard InChI is InChI=1S/C25H41N3O3/c1-10-20(16-26(11-2)25(7,8)9)21-12-13-22-23(14-21)27(24(30)31-17(3)4)15-18(5)28(22)19(6)29/h12-14,17-18,20H,10-11,15-16H2,1-9H3/t18-,20?/m0/s1. The van der Waals surface area contributed by atoms with Gasteiger partial charge in [-0.05, 0) is 78.1 Å². The summed E-state index contributed by atoms with van der Waals surface area (Å²) in [5.41, 5.74) is 2.80. The molecule has 6 nitrogen and oxygen atoms in total. The number of ether oxygens (including phenoxy) is 1. The fourth-order valence-electron chi connectivity index (χ4n) is 4.43. The van der Waals surface area contributed by atoms with Crippen molar-refractivity contribution in [2.24, 2.45) is 0 Å². The summed E-state index contributed by atoms with van der Waals surface area (Å²) < 4.78 is 5.52. The summed E-state index contributed by atoms with van der Waals surface area (Å²) in [5, 5.41) is 0. The number of fused-ring (bicyclic) bond motifs is 1. The van der Waals surface area contributed by atoms with E-state index in [2.05, 4.69) is 51.7 Å².